The summed E-state index contributed by atoms with van der Waals surface area (Å²) in [6, 6.07) is 0. The van der Waals surface area contributed by atoms with Crippen LogP contribution in [0.3, 0.4) is 0 Å². The van der Waals surface area contributed by atoms with Crippen molar-refractivity contribution in [2.45, 2.75) is 277 Å². The summed E-state index contributed by atoms with van der Waals surface area (Å²) in [5.41, 5.74) is 0. The number of esters is 3. The highest BCUT2D eigenvalue weighted by atomic mass is 16.6. The number of carbonyl (C=O) groups excluding carboxylic acids is 3. The Bertz CT molecular complexity index is 1090. The lowest BCUT2D eigenvalue weighted by atomic mass is 10.0. The van der Waals surface area contributed by atoms with Crippen LogP contribution in [0.2, 0.25) is 0 Å². The lowest BCUT2D eigenvalue weighted by Gasteiger charge is -2.18. The van der Waals surface area contributed by atoms with Gasteiger partial charge >= 0.3 is 17.9 Å². The van der Waals surface area contributed by atoms with E-state index in [9.17, 15) is 14.4 Å². The fraction of sp³-hybridized carbons (Fsp3) is 0.804. The molecule has 0 bridgehead atoms. The zero-order valence-corrected chi connectivity index (χ0v) is 41.1. The lowest BCUT2D eigenvalue weighted by molar-refractivity contribution is -0.167. The van der Waals surface area contributed by atoms with Gasteiger partial charge in [-0.25, -0.2) is 0 Å². The van der Waals surface area contributed by atoms with Crippen LogP contribution in [0.1, 0.15) is 271 Å². The third kappa shape index (κ3) is 48.4. The smallest absolute Gasteiger partial charge is 0.306 e. The minimum atomic E-state index is -0.783. The average Bonchev–Trinajstić information content (AvgIpc) is 3.27. The van der Waals surface area contributed by atoms with Gasteiger partial charge in [0.1, 0.15) is 13.2 Å². The Morgan fingerprint density at radius 1 is 0.339 bits per heavy atom. The normalized spacial score (nSPS) is 12.4. The van der Waals surface area contributed by atoms with Crippen molar-refractivity contribution in [3.63, 3.8) is 0 Å². The van der Waals surface area contributed by atoms with Crippen LogP contribution in [0.15, 0.2) is 48.6 Å². The monoisotopic (exact) mass is 869 g/mol. The summed E-state index contributed by atoms with van der Waals surface area (Å²) >= 11 is 0. The first-order valence-corrected chi connectivity index (χ1v) is 26.7. The fourth-order valence-electron chi connectivity index (χ4n) is 7.61. The van der Waals surface area contributed by atoms with Gasteiger partial charge in [-0.05, 0) is 64.2 Å². The molecule has 0 saturated carbocycles. The van der Waals surface area contributed by atoms with Crippen LogP contribution >= 0.6 is 0 Å². The van der Waals surface area contributed by atoms with E-state index in [1.807, 2.05) is 0 Å². The van der Waals surface area contributed by atoms with E-state index in [1.54, 1.807) is 0 Å². The van der Waals surface area contributed by atoms with Gasteiger partial charge in [0.25, 0.3) is 0 Å². The molecule has 0 amide bonds. The largest absolute Gasteiger partial charge is 0.462 e. The molecule has 0 N–H and O–H groups in total. The Morgan fingerprint density at radius 2 is 0.645 bits per heavy atom. The zero-order valence-electron chi connectivity index (χ0n) is 41.1. The van der Waals surface area contributed by atoms with Crippen molar-refractivity contribution in [1.29, 1.82) is 0 Å². The van der Waals surface area contributed by atoms with Crippen LogP contribution in [0.5, 0.6) is 0 Å². The van der Waals surface area contributed by atoms with Crippen LogP contribution in [-0.2, 0) is 28.6 Å². The predicted octanol–water partition coefficient (Wildman–Crippen LogP) is 17.5. The SMILES string of the molecule is CC\C=C/C=C\C=C/CCCCCCCC(=O)OC(COC(=O)CCCCCCC/C=C\CCCCC)COC(=O)CCCCCCCCCCCCCCCCCCCCC. The summed E-state index contributed by atoms with van der Waals surface area (Å²) in [6.45, 7) is 6.48. The van der Waals surface area contributed by atoms with Gasteiger partial charge in [-0.15, -0.1) is 0 Å². The number of hydrogen-bond acceptors (Lipinski definition) is 6. The quantitative estimate of drug-likeness (QED) is 0.0199. The fourth-order valence-corrected chi connectivity index (χ4v) is 7.61. The standard InChI is InChI=1S/C56H100O6/c1-4-7-10-13-16-19-22-25-26-27-28-29-30-32-34-37-40-43-46-49-55(58)61-52-53(51-60-54(57)48-45-42-39-36-33-24-21-18-15-12-9-6-3)62-56(59)50-47-44-41-38-35-31-23-20-17-14-11-8-5-2/h8,11,14,17-18,20-21,23,53H,4-7,9-10,12-13,15-16,19,22,24-52H2,1-3H3/b11-8-,17-14-,21-18-,23-20-. The van der Waals surface area contributed by atoms with E-state index in [2.05, 4.69) is 69.4 Å². The van der Waals surface area contributed by atoms with Gasteiger partial charge in [-0.1, -0.05) is 236 Å². The Hall–Kier alpha value is -2.63. The van der Waals surface area contributed by atoms with Crippen molar-refractivity contribution in [2.75, 3.05) is 13.2 Å². The molecule has 0 fully saturated rings. The molecule has 360 valence electrons. The van der Waals surface area contributed by atoms with Gasteiger partial charge in [0.05, 0.1) is 0 Å². The Balaban J connectivity index is 4.32. The maximum atomic E-state index is 12.8. The first-order valence-electron chi connectivity index (χ1n) is 26.7. The highest BCUT2D eigenvalue weighted by Gasteiger charge is 2.19. The summed E-state index contributed by atoms with van der Waals surface area (Å²) in [5.74, 6) is -0.903. The average molecular weight is 869 g/mol. The van der Waals surface area contributed by atoms with Crippen LogP contribution in [-0.4, -0.2) is 37.2 Å². The molecule has 0 aromatic heterocycles. The van der Waals surface area contributed by atoms with Gasteiger partial charge in [0.2, 0.25) is 0 Å². The van der Waals surface area contributed by atoms with E-state index in [0.29, 0.717) is 19.3 Å². The summed E-state index contributed by atoms with van der Waals surface area (Å²) < 4.78 is 16.8. The Morgan fingerprint density at radius 3 is 1.05 bits per heavy atom. The first-order chi connectivity index (χ1) is 30.5. The number of carbonyl (C=O) groups is 3. The number of rotatable bonds is 48. The zero-order chi connectivity index (χ0) is 45.1. The maximum absolute atomic E-state index is 12.8. The van der Waals surface area contributed by atoms with Crippen LogP contribution in [0.4, 0.5) is 0 Å². The molecule has 0 spiro atoms. The van der Waals surface area contributed by atoms with Crippen molar-refractivity contribution in [3.05, 3.63) is 48.6 Å². The third-order valence-corrected chi connectivity index (χ3v) is 11.6. The van der Waals surface area contributed by atoms with Crippen LogP contribution < -0.4 is 0 Å². The summed E-state index contributed by atoms with van der Waals surface area (Å²) in [7, 11) is 0. The summed E-state index contributed by atoms with van der Waals surface area (Å²) in [5, 5.41) is 0. The van der Waals surface area contributed by atoms with E-state index in [4.69, 9.17) is 14.2 Å². The number of unbranched alkanes of at least 4 members (excludes halogenated alkanes) is 31. The molecule has 62 heavy (non-hydrogen) atoms. The van der Waals surface area contributed by atoms with E-state index in [0.717, 1.165) is 89.9 Å². The molecule has 0 aliphatic carbocycles. The van der Waals surface area contributed by atoms with Crippen molar-refractivity contribution >= 4 is 17.9 Å². The van der Waals surface area contributed by atoms with Crippen molar-refractivity contribution in [1.82, 2.24) is 0 Å². The lowest BCUT2D eigenvalue weighted by Crippen LogP contribution is -2.30. The second-order valence-electron chi connectivity index (χ2n) is 17.8. The highest BCUT2D eigenvalue weighted by molar-refractivity contribution is 5.71. The molecule has 1 unspecified atom stereocenters. The second kappa shape index (κ2) is 51.0. The van der Waals surface area contributed by atoms with Gasteiger partial charge < -0.3 is 14.2 Å². The van der Waals surface area contributed by atoms with Gasteiger partial charge in [-0.3, -0.25) is 14.4 Å². The summed E-state index contributed by atoms with van der Waals surface area (Å²) in [4.78, 5) is 38.0. The molecule has 0 radical (unpaired) electrons. The van der Waals surface area contributed by atoms with Crippen LogP contribution in [0.25, 0.3) is 0 Å². The van der Waals surface area contributed by atoms with E-state index in [1.165, 1.54) is 141 Å². The Labute approximate surface area is 384 Å². The third-order valence-electron chi connectivity index (χ3n) is 11.6. The van der Waals surface area contributed by atoms with Gasteiger partial charge in [0, 0.05) is 19.3 Å². The topological polar surface area (TPSA) is 78.9 Å². The molecule has 0 aliphatic heterocycles. The minimum absolute atomic E-state index is 0.0817. The van der Waals surface area contributed by atoms with E-state index in [-0.39, 0.29) is 31.1 Å². The molecule has 6 nitrogen and oxygen atoms in total. The van der Waals surface area contributed by atoms with Gasteiger partial charge in [0.15, 0.2) is 6.10 Å². The number of hydrogen-bond donors (Lipinski definition) is 0. The molecule has 0 heterocycles. The van der Waals surface area contributed by atoms with E-state index < -0.39 is 6.10 Å². The molecular formula is C56H100O6. The van der Waals surface area contributed by atoms with E-state index >= 15 is 0 Å². The number of ether oxygens (including phenoxy) is 3. The predicted molar refractivity (Wildman–Crippen MR) is 265 cm³/mol. The number of allylic oxidation sites excluding steroid dienone is 8. The first kappa shape index (κ1) is 59.4. The molecule has 0 aromatic rings. The molecule has 6 heteroatoms. The molecule has 0 aromatic carbocycles. The van der Waals surface area contributed by atoms with Crippen LogP contribution in [0, 0.1) is 0 Å². The highest BCUT2D eigenvalue weighted by Crippen LogP contribution is 2.16. The maximum Gasteiger partial charge on any atom is 0.306 e. The van der Waals surface area contributed by atoms with Crippen molar-refractivity contribution in [3.8, 4) is 0 Å². The van der Waals surface area contributed by atoms with Crippen molar-refractivity contribution in [2.24, 2.45) is 0 Å². The van der Waals surface area contributed by atoms with Gasteiger partial charge in [-0.2, -0.15) is 0 Å². The molecule has 0 aliphatic rings. The van der Waals surface area contributed by atoms with Crippen molar-refractivity contribution < 1.29 is 28.6 Å². The summed E-state index contributed by atoms with van der Waals surface area (Å²) in [6.07, 6.45) is 61.0. The molecule has 1 atom stereocenters. The molecule has 0 saturated heterocycles. The minimum Gasteiger partial charge on any atom is -0.462 e. The molecule has 0 rings (SSSR count). The molecular weight excluding hydrogens is 769 g/mol. The second-order valence-corrected chi connectivity index (χ2v) is 17.8. The Kier molecular flexibility index (Phi) is 48.8.